The number of hydrogen-bond donors (Lipinski definition) is 0. The number of allylic oxidation sites excluding steroid dienone is 4. The Morgan fingerprint density at radius 2 is 1.83 bits per heavy atom. The van der Waals surface area contributed by atoms with Crippen LogP contribution in [0.5, 0.6) is 0 Å². The molecule has 7 heteroatoms. The summed E-state index contributed by atoms with van der Waals surface area (Å²) in [6.07, 6.45) is 8.90. The second-order valence-corrected chi connectivity index (χ2v) is 8.25. The summed E-state index contributed by atoms with van der Waals surface area (Å²) in [5, 5.41) is 0.652. The van der Waals surface area contributed by atoms with Gasteiger partial charge in [-0.05, 0) is 67.4 Å². The maximum atomic E-state index is 13.5. The van der Waals surface area contributed by atoms with Gasteiger partial charge < -0.3 is 9.47 Å². The van der Waals surface area contributed by atoms with Crippen molar-refractivity contribution in [2.75, 3.05) is 13.1 Å². The van der Waals surface area contributed by atoms with Gasteiger partial charge in [-0.15, -0.1) is 0 Å². The van der Waals surface area contributed by atoms with E-state index < -0.39 is 0 Å². The molecule has 0 spiro atoms. The Morgan fingerprint density at radius 1 is 1.10 bits per heavy atom. The molecule has 0 atom stereocenters. The highest BCUT2D eigenvalue weighted by Gasteiger charge is 2.20. The zero-order valence-corrected chi connectivity index (χ0v) is 17.7. The number of nitrogens with zero attached hydrogens (tertiary/aromatic N) is 3. The molecule has 1 aromatic heterocycles. The number of rotatable bonds is 5. The van der Waals surface area contributed by atoms with Crippen molar-refractivity contribution < 1.29 is 9.18 Å². The molecule has 152 valence electrons. The number of benzene rings is 1. The molecule has 0 unspecified atom stereocenters. The Morgan fingerprint density at radius 3 is 2.48 bits per heavy atom. The summed E-state index contributed by atoms with van der Waals surface area (Å²) in [4.78, 5) is 14.4. The fourth-order valence-corrected chi connectivity index (χ4v) is 4.36. The lowest BCUT2D eigenvalue weighted by molar-refractivity contribution is -0.130. The average molecular weight is 432 g/mol. The van der Waals surface area contributed by atoms with E-state index in [1.807, 2.05) is 50.6 Å². The zero-order valence-electron chi connectivity index (χ0n) is 16.1. The molecule has 0 saturated carbocycles. The molecule has 1 aliphatic heterocycles. The third-order valence-electron chi connectivity index (χ3n) is 5.49. The number of hydrogen-bond acceptors (Lipinski definition) is 2. The largest absolute Gasteiger partial charge is 0.343 e. The third kappa shape index (κ3) is 4.38. The van der Waals surface area contributed by atoms with Gasteiger partial charge in [-0.3, -0.25) is 9.36 Å². The standard InChI is InChI=1S/C22H23ClFN3OS/c23-17-5-9-19(10-6-17)27-20(16-3-7-18(24)8-4-16)15-26(22(27)29)14-11-21(28)25-12-1-2-13-25/h3,5-7,9-10,15H,1-2,4,8,11-14H2. The highest BCUT2D eigenvalue weighted by Crippen LogP contribution is 2.30. The number of aromatic nitrogens is 2. The van der Waals surface area contributed by atoms with E-state index >= 15 is 0 Å². The van der Waals surface area contributed by atoms with Crippen molar-refractivity contribution in [1.29, 1.82) is 0 Å². The Labute approximate surface area is 179 Å². The topological polar surface area (TPSA) is 30.2 Å². The molecule has 0 N–H and O–H groups in total. The Bertz CT molecular complexity index is 1030. The van der Waals surface area contributed by atoms with Gasteiger partial charge in [0.25, 0.3) is 0 Å². The Kier molecular flexibility index (Phi) is 6.01. The van der Waals surface area contributed by atoms with E-state index in [-0.39, 0.29) is 11.7 Å². The molecular weight excluding hydrogens is 409 g/mol. The SMILES string of the molecule is O=C(CCn1cc(C2=CC=C(F)CC2)n(-c2ccc(Cl)cc2)c1=S)N1CCCC1. The monoisotopic (exact) mass is 431 g/mol. The van der Waals surface area contributed by atoms with Gasteiger partial charge >= 0.3 is 0 Å². The second-order valence-electron chi connectivity index (χ2n) is 7.45. The molecule has 1 aromatic carbocycles. The minimum atomic E-state index is -0.110. The van der Waals surface area contributed by atoms with E-state index in [0.29, 0.717) is 35.6 Å². The van der Waals surface area contributed by atoms with Crippen LogP contribution in [0.4, 0.5) is 4.39 Å². The zero-order chi connectivity index (χ0) is 20.4. The third-order valence-corrected chi connectivity index (χ3v) is 6.16. The van der Waals surface area contributed by atoms with Crippen molar-refractivity contribution in [2.45, 2.75) is 38.6 Å². The summed E-state index contributed by atoms with van der Waals surface area (Å²) in [6.45, 7) is 2.23. The number of carbonyl (C=O) groups is 1. The van der Waals surface area contributed by atoms with Crippen LogP contribution >= 0.6 is 23.8 Å². The quantitative estimate of drug-likeness (QED) is 0.568. The summed E-state index contributed by atoms with van der Waals surface area (Å²) < 4.78 is 18.1. The van der Waals surface area contributed by atoms with Gasteiger partial charge in [0.2, 0.25) is 5.91 Å². The van der Waals surface area contributed by atoms with Gasteiger partial charge in [0, 0.05) is 49.4 Å². The average Bonchev–Trinajstić information content (AvgIpc) is 3.36. The minimum Gasteiger partial charge on any atom is -0.343 e. The first-order chi connectivity index (χ1) is 14.0. The van der Waals surface area contributed by atoms with E-state index in [0.717, 1.165) is 42.9 Å². The Hall–Kier alpha value is -2.18. The first-order valence-corrected chi connectivity index (χ1v) is 10.7. The smallest absolute Gasteiger partial charge is 0.224 e. The van der Waals surface area contributed by atoms with Crippen LogP contribution in [0.2, 0.25) is 5.02 Å². The van der Waals surface area contributed by atoms with Gasteiger partial charge in [-0.1, -0.05) is 17.7 Å². The maximum Gasteiger partial charge on any atom is 0.224 e. The van der Waals surface area contributed by atoms with Crippen LogP contribution in [-0.2, 0) is 11.3 Å². The summed E-state index contributed by atoms with van der Waals surface area (Å²) >= 11 is 11.8. The van der Waals surface area contributed by atoms with Crippen molar-refractivity contribution in [3.63, 3.8) is 0 Å². The first kappa shape index (κ1) is 20.1. The van der Waals surface area contributed by atoms with Crippen LogP contribution in [0.1, 0.15) is 37.8 Å². The van der Waals surface area contributed by atoms with Crippen molar-refractivity contribution in [2.24, 2.45) is 0 Å². The lowest BCUT2D eigenvalue weighted by Crippen LogP contribution is -2.28. The number of likely N-dealkylation sites (tertiary alicyclic amines) is 1. The van der Waals surface area contributed by atoms with Gasteiger partial charge in [0.15, 0.2) is 4.77 Å². The number of aryl methyl sites for hydroxylation is 1. The van der Waals surface area contributed by atoms with Crippen molar-refractivity contribution >= 4 is 35.3 Å². The van der Waals surface area contributed by atoms with Gasteiger partial charge in [-0.2, -0.15) is 0 Å². The van der Waals surface area contributed by atoms with Crippen molar-refractivity contribution in [3.05, 3.63) is 63.9 Å². The first-order valence-electron chi connectivity index (χ1n) is 9.94. The molecule has 0 bridgehead atoms. The summed E-state index contributed by atoms with van der Waals surface area (Å²) in [7, 11) is 0. The van der Waals surface area contributed by atoms with E-state index in [2.05, 4.69) is 0 Å². The number of carbonyl (C=O) groups excluding carboxylic acids is 1. The number of amides is 1. The van der Waals surface area contributed by atoms with Crippen molar-refractivity contribution in [3.8, 4) is 5.69 Å². The second kappa shape index (κ2) is 8.67. The highest BCUT2D eigenvalue weighted by molar-refractivity contribution is 7.71. The van der Waals surface area contributed by atoms with Gasteiger partial charge in [-0.25, -0.2) is 4.39 Å². The lowest BCUT2D eigenvalue weighted by atomic mass is 10.0. The van der Waals surface area contributed by atoms with Gasteiger partial charge in [0.05, 0.1) is 5.69 Å². The molecule has 2 heterocycles. The van der Waals surface area contributed by atoms with Gasteiger partial charge in [0.1, 0.15) is 5.83 Å². The predicted octanol–water partition coefficient (Wildman–Crippen LogP) is 5.70. The predicted molar refractivity (Wildman–Crippen MR) is 116 cm³/mol. The van der Waals surface area contributed by atoms with Crippen LogP contribution in [-0.4, -0.2) is 33.0 Å². The minimum absolute atomic E-state index is 0.110. The lowest BCUT2D eigenvalue weighted by Gasteiger charge is -2.15. The van der Waals surface area contributed by atoms with Crippen LogP contribution in [0, 0.1) is 4.77 Å². The highest BCUT2D eigenvalue weighted by atomic mass is 35.5. The Balaban J connectivity index is 1.67. The molecule has 1 saturated heterocycles. The molecule has 29 heavy (non-hydrogen) atoms. The summed E-state index contributed by atoms with van der Waals surface area (Å²) in [5.41, 5.74) is 2.85. The normalized spacial score (nSPS) is 16.7. The molecule has 1 fully saturated rings. The van der Waals surface area contributed by atoms with Crippen LogP contribution in [0.3, 0.4) is 0 Å². The molecule has 4 nitrogen and oxygen atoms in total. The van der Waals surface area contributed by atoms with Crippen LogP contribution in [0.15, 0.2) is 48.4 Å². The number of halogens is 2. The summed E-state index contributed by atoms with van der Waals surface area (Å²) in [6, 6.07) is 7.49. The van der Waals surface area contributed by atoms with E-state index in [1.165, 1.54) is 6.08 Å². The van der Waals surface area contributed by atoms with E-state index in [1.54, 1.807) is 0 Å². The molecule has 2 aromatic rings. The fourth-order valence-electron chi connectivity index (χ4n) is 3.88. The number of imidazole rings is 1. The van der Waals surface area contributed by atoms with E-state index in [4.69, 9.17) is 23.8 Å². The molecule has 0 radical (unpaired) electrons. The van der Waals surface area contributed by atoms with E-state index in [9.17, 15) is 9.18 Å². The molecular formula is C22H23ClFN3OS. The molecule has 4 rings (SSSR count). The van der Waals surface area contributed by atoms with Crippen LogP contribution < -0.4 is 0 Å². The van der Waals surface area contributed by atoms with Crippen LogP contribution in [0.25, 0.3) is 11.3 Å². The molecule has 1 amide bonds. The fraction of sp³-hybridized carbons (Fsp3) is 0.364. The maximum absolute atomic E-state index is 13.5. The van der Waals surface area contributed by atoms with Crippen molar-refractivity contribution in [1.82, 2.24) is 14.0 Å². The summed E-state index contributed by atoms with van der Waals surface area (Å²) in [5.74, 6) is 0.0631. The molecule has 2 aliphatic rings. The molecule has 1 aliphatic carbocycles.